The number of hydrogen-bond acceptors (Lipinski definition) is 5. The molecule has 0 saturated heterocycles. The highest BCUT2D eigenvalue weighted by Crippen LogP contribution is 2.36. The molecule has 0 radical (unpaired) electrons. The summed E-state index contributed by atoms with van der Waals surface area (Å²) in [7, 11) is -4.14. The van der Waals surface area contributed by atoms with Crippen molar-refractivity contribution < 1.29 is 13.2 Å². The number of hydrogen-bond donors (Lipinski definition) is 1. The molecule has 0 saturated carbocycles. The molecule has 0 aliphatic heterocycles. The van der Waals surface area contributed by atoms with Crippen LogP contribution in [0.3, 0.4) is 0 Å². The van der Waals surface area contributed by atoms with Gasteiger partial charge in [0.15, 0.2) is 0 Å². The van der Waals surface area contributed by atoms with Gasteiger partial charge in [-0.05, 0) is 53.4 Å². The smallest absolute Gasteiger partial charge is 0.274 e. The summed E-state index contributed by atoms with van der Waals surface area (Å²) in [6.07, 6.45) is 1.41. The van der Waals surface area contributed by atoms with E-state index in [0.717, 1.165) is 50.4 Å². The Morgan fingerprint density at radius 2 is 1.56 bits per heavy atom. The van der Waals surface area contributed by atoms with E-state index in [1.54, 1.807) is 30.3 Å². The minimum Gasteiger partial charge on any atom is -0.323 e. The number of thiophene rings is 1. The molecule has 6 aromatic rings. The van der Waals surface area contributed by atoms with Gasteiger partial charge in [0.2, 0.25) is 0 Å². The predicted octanol–water partition coefficient (Wildman–Crippen LogP) is 7.39. The maximum Gasteiger partial charge on any atom is 0.274 e. The minimum atomic E-state index is -4.14. The maximum atomic E-state index is 13.6. The van der Waals surface area contributed by atoms with E-state index in [2.05, 4.69) is 41.3 Å². The molecular formula is C35H31N3O3S2. The molecular weight excluding hydrogens is 575 g/mol. The monoisotopic (exact) mass is 605 g/mol. The molecule has 0 bridgehead atoms. The van der Waals surface area contributed by atoms with Gasteiger partial charge in [-0.3, -0.25) is 4.79 Å². The number of imidazole rings is 1. The third-order valence-electron chi connectivity index (χ3n) is 7.46. The second-order valence-corrected chi connectivity index (χ2v) is 13.5. The van der Waals surface area contributed by atoms with E-state index >= 15 is 0 Å². The van der Waals surface area contributed by atoms with Gasteiger partial charge < -0.3 is 4.57 Å². The van der Waals surface area contributed by atoms with E-state index in [-0.39, 0.29) is 9.77 Å². The number of rotatable bonds is 9. The van der Waals surface area contributed by atoms with Crippen LogP contribution in [0.5, 0.6) is 0 Å². The number of amides is 1. The minimum absolute atomic E-state index is 0.125. The summed E-state index contributed by atoms with van der Waals surface area (Å²) in [4.78, 5) is 18.6. The predicted molar refractivity (Wildman–Crippen MR) is 173 cm³/mol. The van der Waals surface area contributed by atoms with Crippen molar-refractivity contribution in [2.75, 3.05) is 0 Å². The molecule has 216 valence electrons. The number of para-hydroxylation sites is 1. The van der Waals surface area contributed by atoms with Crippen LogP contribution in [0.15, 0.2) is 113 Å². The van der Waals surface area contributed by atoms with Crippen molar-refractivity contribution in [2.45, 2.75) is 37.4 Å². The fraction of sp³-hybridized carbons (Fsp3) is 0.143. The second-order valence-electron chi connectivity index (χ2n) is 10.5. The van der Waals surface area contributed by atoms with Crippen LogP contribution in [0.2, 0.25) is 0 Å². The first-order chi connectivity index (χ1) is 20.8. The molecule has 0 unspecified atom stereocenters. The van der Waals surface area contributed by atoms with Crippen molar-refractivity contribution in [3.05, 3.63) is 142 Å². The lowest BCUT2D eigenvalue weighted by atomic mass is 10.0. The fourth-order valence-electron chi connectivity index (χ4n) is 5.28. The third kappa shape index (κ3) is 6.02. The Bertz CT molecular complexity index is 2010. The molecule has 0 fully saturated rings. The molecule has 0 aliphatic rings. The molecule has 0 aliphatic carbocycles. The lowest BCUT2D eigenvalue weighted by Gasteiger charge is -2.11. The highest BCUT2D eigenvalue weighted by molar-refractivity contribution is 7.92. The Hall–Kier alpha value is -4.53. The van der Waals surface area contributed by atoms with Crippen LogP contribution in [0.25, 0.3) is 22.2 Å². The van der Waals surface area contributed by atoms with Crippen molar-refractivity contribution in [1.82, 2.24) is 14.3 Å². The molecule has 1 amide bonds. The van der Waals surface area contributed by atoms with Crippen LogP contribution in [0.4, 0.5) is 0 Å². The summed E-state index contributed by atoms with van der Waals surface area (Å²) in [5, 5.41) is 0. The van der Waals surface area contributed by atoms with Gasteiger partial charge in [0, 0.05) is 35.4 Å². The summed E-state index contributed by atoms with van der Waals surface area (Å²) < 4.78 is 31.9. The summed E-state index contributed by atoms with van der Waals surface area (Å²) in [5.74, 6) is 0.369. The van der Waals surface area contributed by atoms with Crippen LogP contribution in [-0.2, 0) is 29.4 Å². The number of aryl methyl sites for hydroxylation is 2. The summed E-state index contributed by atoms with van der Waals surface area (Å²) in [6.45, 7) is 4.84. The van der Waals surface area contributed by atoms with Crippen molar-refractivity contribution in [2.24, 2.45) is 0 Å². The highest BCUT2D eigenvalue weighted by Gasteiger charge is 2.26. The van der Waals surface area contributed by atoms with Gasteiger partial charge in [0.05, 0.1) is 11.0 Å². The van der Waals surface area contributed by atoms with Gasteiger partial charge in [0.25, 0.3) is 15.9 Å². The summed E-state index contributed by atoms with van der Waals surface area (Å²) in [5.41, 5.74) is 7.07. The maximum absolute atomic E-state index is 13.6. The van der Waals surface area contributed by atoms with Crippen LogP contribution >= 0.6 is 11.3 Å². The molecule has 1 N–H and O–H groups in total. The molecule has 8 heteroatoms. The van der Waals surface area contributed by atoms with Gasteiger partial charge >= 0.3 is 0 Å². The van der Waals surface area contributed by atoms with Crippen LogP contribution in [0.1, 0.15) is 44.7 Å². The van der Waals surface area contributed by atoms with Crippen LogP contribution in [0, 0.1) is 6.92 Å². The zero-order chi connectivity index (χ0) is 30.0. The first-order valence-electron chi connectivity index (χ1n) is 14.2. The average Bonchev–Trinajstić information content (AvgIpc) is 3.61. The Morgan fingerprint density at radius 3 is 2.26 bits per heavy atom. The first kappa shape index (κ1) is 28.6. The van der Waals surface area contributed by atoms with Crippen molar-refractivity contribution in [3.63, 3.8) is 0 Å². The molecule has 2 aromatic heterocycles. The number of carbonyl (C=O) groups is 1. The van der Waals surface area contributed by atoms with E-state index in [1.165, 1.54) is 11.3 Å². The number of benzene rings is 4. The molecule has 0 spiro atoms. The topological polar surface area (TPSA) is 81.1 Å². The standard InChI is InChI=1S/C35H31N3O3S2/c1-3-32-36-33-24(2)11-10-16-31(33)38(32)23-26-17-19-27(20-18-26)30-22-29(21-25-12-6-4-7-13-25)42-35(30)43(40,41)37-34(39)28-14-8-5-9-15-28/h4-20,22H,3,21,23H2,1-2H3,(H,37,39). The first-order valence-corrected chi connectivity index (χ1v) is 16.4. The number of fused-ring (bicyclic) bond motifs is 1. The third-order valence-corrected chi connectivity index (χ3v) is 10.5. The van der Waals surface area contributed by atoms with Crippen LogP contribution < -0.4 is 4.72 Å². The van der Waals surface area contributed by atoms with E-state index in [9.17, 15) is 13.2 Å². The Morgan fingerprint density at radius 1 is 0.860 bits per heavy atom. The molecule has 6 nitrogen and oxygen atoms in total. The van der Waals surface area contributed by atoms with Gasteiger partial charge in [-0.15, -0.1) is 11.3 Å². The van der Waals surface area contributed by atoms with Gasteiger partial charge in [-0.1, -0.05) is 91.9 Å². The van der Waals surface area contributed by atoms with E-state index in [4.69, 9.17) is 4.98 Å². The summed E-state index contributed by atoms with van der Waals surface area (Å²) >= 11 is 1.19. The fourth-order valence-corrected chi connectivity index (χ4v) is 8.03. The Labute approximate surface area is 255 Å². The second kappa shape index (κ2) is 12.0. The number of sulfonamides is 1. The molecule has 4 aromatic carbocycles. The lowest BCUT2D eigenvalue weighted by Crippen LogP contribution is -2.30. The van der Waals surface area contributed by atoms with Gasteiger partial charge in [-0.2, -0.15) is 0 Å². The molecule has 43 heavy (non-hydrogen) atoms. The van der Waals surface area contributed by atoms with Crippen molar-refractivity contribution in [3.8, 4) is 11.1 Å². The molecule has 0 atom stereocenters. The number of nitrogens with zero attached hydrogens (tertiary/aromatic N) is 2. The van der Waals surface area contributed by atoms with E-state index < -0.39 is 15.9 Å². The zero-order valence-electron chi connectivity index (χ0n) is 23.9. The average molecular weight is 606 g/mol. The number of nitrogens with one attached hydrogen (secondary N) is 1. The molecule has 6 rings (SSSR count). The van der Waals surface area contributed by atoms with E-state index in [1.807, 2.05) is 60.7 Å². The van der Waals surface area contributed by atoms with Crippen LogP contribution in [-0.4, -0.2) is 23.9 Å². The van der Waals surface area contributed by atoms with E-state index in [0.29, 0.717) is 18.5 Å². The van der Waals surface area contributed by atoms with Gasteiger partial charge in [0.1, 0.15) is 10.0 Å². The zero-order valence-corrected chi connectivity index (χ0v) is 25.6. The van der Waals surface area contributed by atoms with Gasteiger partial charge in [-0.25, -0.2) is 18.1 Å². The largest absolute Gasteiger partial charge is 0.323 e. The lowest BCUT2D eigenvalue weighted by molar-refractivity contribution is 0.0981. The normalized spacial score (nSPS) is 11.6. The Balaban J connectivity index is 1.34. The number of aromatic nitrogens is 2. The van der Waals surface area contributed by atoms with Crippen molar-refractivity contribution in [1.29, 1.82) is 0 Å². The number of carbonyl (C=O) groups excluding carboxylic acids is 1. The Kier molecular flexibility index (Phi) is 7.97. The molecule has 2 heterocycles. The van der Waals surface area contributed by atoms with Crippen molar-refractivity contribution >= 4 is 38.3 Å². The quantitative estimate of drug-likeness (QED) is 0.186. The summed E-state index contributed by atoms with van der Waals surface area (Å²) in [6, 6.07) is 34.4. The highest BCUT2D eigenvalue weighted by atomic mass is 32.2. The SMILES string of the molecule is CCc1nc2c(C)cccc2n1Cc1ccc(-c2cc(Cc3ccccc3)sc2S(=O)(=O)NC(=O)c2ccccc2)cc1.